The molecule has 1 aliphatic carbocycles. The number of rotatable bonds is 4. The van der Waals surface area contributed by atoms with Crippen LogP contribution < -0.4 is 11.1 Å². The maximum atomic E-state index is 13.9. The third-order valence-electron chi connectivity index (χ3n) is 3.39. The van der Waals surface area contributed by atoms with Crippen molar-refractivity contribution in [2.75, 3.05) is 12.4 Å². The van der Waals surface area contributed by atoms with E-state index in [1.807, 2.05) is 0 Å². The number of nitrogens with two attached hydrogens (primary N) is 1. The molecule has 0 bridgehead atoms. The van der Waals surface area contributed by atoms with Crippen LogP contribution in [0.25, 0.3) is 0 Å². The number of anilines is 1. The van der Waals surface area contributed by atoms with Crippen LogP contribution in [0.2, 0.25) is 0 Å². The molecule has 2 atom stereocenters. The first-order valence-electron chi connectivity index (χ1n) is 6.09. The monoisotopic (exact) mass is 286 g/mol. The van der Waals surface area contributed by atoms with Crippen molar-refractivity contribution in [1.82, 2.24) is 0 Å². The second-order valence-corrected chi connectivity index (χ2v) is 5.13. The summed E-state index contributed by atoms with van der Waals surface area (Å²) in [5.74, 6) is -1.35. The smallest absolute Gasteiger partial charge is 0.150 e. The fraction of sp³-hybridized carbons (Fsp3) is 0.462. The predicted octanol–water partition coefficient (Wildman–Crippen LogP) is 2.58. The summed E-state index contributed by atoms with van der Waals surface area (Å²) in [5.41, 5.74) is 5.43. The zero-order valence-corrected chi connectivity index (χ0v) is 11.4. The van der Waals surface area contributed by atoms with Gasteiger partial charge in [-0.3, -0.25) is 0 Å². The van der Waals surface area contributed by atoms with Crippen LogP contribution in [0.4, 0.5) is 14.5 Å². The van der Waals surface area contributed by atoms with Gasteiger partial charge in [0.15, 0.2) is 0 Å². The van der Waals surface area contributed by atoms with Crippen LogP contribution in [-0.2, 0) is 4.74 Å². The van der Waals surface area contributed by atoms with Crippen LogP contribution in [0.1, 0.15) is 24.8 Å². The van der Waals surface area contributed by atoms with Gasteiger partial charge >= 0.3 is 0 Å². The van der Waals surface area contributed by atoms with E-state index < -0.39 is 11.6 Å². The molecule has 1 aromatic rings. The fourth-order valence-corrected chi connectivity index (χ4v) is 2.46. The number of hydrogen-bond donors (Lipinski definition) is 2. The zero-order valence-electron chi connectivity index (χ0n) is 10.6. The number of hydrogen-bond acceptors (Lipinski definition) is 3. The number of thiocarbonyl (C=S) groups is 1. The number of benzene rings is 1. The molecule has 2 unspecified atom stereocenters. The van der Waals surface area contributed by atoms with Gasteiger partial charge in [-0.2, -0.15) is 0 Å². The molecule has 0 aliphatic heterocycles. The molecule has 19 heavy (non-hydrogen) atoms. The number of ether oxygens (including phenoxy) is 1. The first-order chi connectivity index (χ1) is 9.01. The van der Waals surface area contributed by atoms with E-state index >= 15 is 0 Å². The van der Waals surface area contributed by atoms with E-state index in [1.165, 1.54) is 0 Å². The van der Waals surface area contributed by atoms with Crippen molar-refractivity contribution in [3.8, 4) is 0 Å². The number of nitrogens with one attached hydrogen (secondary N) is 1. The predicted molar refractivity (Wildman–Crippen MR) is 74.3 cm³/mol. The van der Waals surface area contributed by atoms with E-state index in [1.54, 1.807) is 7.11 Å². The molecule has 1 aromatic carbocycles. The topological polar surface area (TPSA) is 47.3 Å². The average molecular weight is 286 g/mol. The standard InChI is InChI=1S/C13H16F2N2OS/c1-18-9-3-2-8(6-9)17-12-10(14)4-7(13(16)19)5-11(12)15/h4-5,8-9,17H,2-3,6H2,1H3,(H2,16,19). The molecule has 0 aromatic heterocycles. The van der Waals surface area contributed by atoms with Crippen LogP contribution in [-0.4, -0.2) is 24.2 Å². The van der Waals surface area contributed by atoms with Crippen molar-refractivity contribution in [3.05, 3.63) is 29.3 Å². The molecule has 2 rings (SSSR count). The highest BCUT2D eigenvalue weighted by Crippen LogP contribution is 2.28. The lowest BCUT2D eigenvalue weighted by Gasteiger charge is -2.16. The number of halogens is 2. The van der Waals surface area contributed by atoms with E-state index in [0.29, 0.717) is 0 Å². The Morgan fingerprint density at radius 2 is 2.00 bits per heavy atom. The molecular formula is C13H16F2N2OS. The van der Waals surface area contributed by atoms with Crippen LogP contribution in [0.15, 0.2) is 12.1 Å². The summed E-state index contributed by atoms with van der Waals surface area (Å²) in [6.07, 6.45) is 2.61. The molecular weight excluding hydrogens is 270 g/mol. The average Bonchev–Trinajstić information content (AvgIpc) is 2.81. The Morgan fingerprint density at radius 1 is 1.37 bits per heavy atom. The minimum absolute atomic E-state index is 0.0182. The second-order valence-electron chi connectivity index (χ2n) is 4.69. The Labute approximate surface area is 116 Å². The van der Waals surface area contributed by atoms with Gasteiger partial charge in [-0.05, 0) is 31.4 Å². The van der Waals surface area contributed by atoms with Gasteiger partial charge in [-0.25, -0.2) is 8.78 Å². The Morgan fingerprint density at radius 3 is 2.47 bits per heavy atom. The molecule has 1 fully saturated rings. The van der Waals surface area contributed by atoms with Gasteiger partial charge in [0.1, 0.15) is 22.3 Å². The molecule has 1 aliphatic rings. The summed E-state index contributed by atoms with van der Waals surface area (Å²) < 4.78 is 32.9. The van der Waals surface area contributed by atoms with Crippen molar-refractivity contribution >= 4 is 22.9 Å². The third-order valence-corrected chi connectivity index (χ3v) is 3.63. The molecule has 0 heterocycles. The summed E-state index contributed by atoms with van der Waals surface area (Å²) in [4.78, 5) is -0.0235. The summed E-state index contributed by atoms with van der Waals surface area (Å²) in [6.45, 7) is 0. The van der Waals surface area contributed by atoms with E-state index in [2.05, 4.69) is 5.32 Å². The van der Waals surface area contributed by atoms with Crippen molar-refractivity contribution in [1.29, 1.82) is 0 Å². The zero-order chi connectivity index (χ0) is 14.0. The highest BCUT2D eigenvalue weighted by Gasteiger charge is 2.26. The van der Waals surface area contributed by atoms with Gasteiger partial charge in [-0.1, -0.05) is 12.2 Å². The largest absolute Gasteiger partial charge is 0.389 e. The Balaban J connectivity index is 2.15. The molecule has 0 radical (unpaired) electrons. The van der Waals surface area contributed by atoms with E-state index in [9.17, 15) is 8.78 Å². The molecule has 6 heteroatoms. The minimum Gasteiger partial charge on any atom is -0.389 e. The third kappa shape index (κ3) is 3.19. The first-order valence-corrected chi connectivity index (χ1v) is 6.50. The number of methoxy groups -OCH3 is 1. The molecule has 0 saturated heterocycles. The molecule has 0 amide bonds. The highest BCUT2D eigenvalue weighted by atomic mass is 32.1. The molecule has 3 nitrogen and oxygen atoms in total. The first kappa shape index (κ1) is 14.1. The van der Waals surface area contributed by atoms with Gasteiger partial charge in [-0.15, -0.1) is 0 Å². The van der Waals surface area contributed by atoms with Crippen molar-refractivity contribution in [2.45, 2.75) is 31.4 Å². The fourth-order valence-electron chi connectivity index (χ4n) is 2.34. The Bertz CT molecular complexity index is 473. The molecule has 1 saturated carbocycles. The van der Waals surface area contributed by atoms with E-state index in [0.717, 1.165) is 31.4 Å². The van der Waals surface area contributed by atoms with Crippen molar-refractivity contribution in [2.24, 2.45) is 5.73 Å². The summed E-state index contributed by atoms with van der Waals surface area (Å²) in [7, 11) is 1.64. The summed E-state index contributed by atoms with van der Waals surface area (Å²) >= 11 is 4.71. The summed E-state index contributed by atoms with van der Waals surface area (Å²) in [6, 6.07) is 2.32. The van der Waals surface area contributed by atoms with Gasteiger partial charge in [0.05, 0.1) is 6.10 Å². The van der Waals surface area contributed by atoms with Crippen molar-refractivity contribution in [3.63, 3.8) is 0 Å². The second kappa shape index (κ2) is 5.79. The highest BCUT2D eigenvalue weighted by molar-refractivity contribution is 7.80. The van der Waals surface area contributed by atoms with Crippen LogP contribution >= 0.6 is 12.2 Å². The SMILES string of the molecule is COC1CCC(Nc2c(F)cc(C(N)=S)cc2F)C1. The van der Waals surface area contributed by atoms with Crippen LogP contribution in [0.3, 0.4) is 0 Å². The van der Waals surface area contributed by atoms with Gasteiger partial charge in [0, 0.05) is 18.7 Å². The van der Waals surface area contributed by atoms with Crippen molar-refractivity contribution < 1.29 is 13.5 Å². The lowest BCUT2D eigenvalue weighted by Crippen LogP contribution is -2.20. The maximum absolute atomic E-state index is 13.9. The maximum Gasteiger partial charge on any atom is 0.150 e. The van der Waals surface area contributed by atoms with E-state index in [4.69, 9.17) is 22.7 Å². The van der Waals surface area contributed by atoms with E-state index in [-0.39, 0.29) is 28.4 Å². The normalized spacial score (nSPS) is 22.5. The molecule has 0 spiro atoms. The Hall–Kier alpha value is -1.27. The summed E-state index contributed by atoms with van der Waals surface area (Å²) in [5, 5.41) is 2.89. The van der Waals surface area contributed by atoms with Gasteiger partial charge in [0.25, 0.3) is 0 Å². The Kier molecular flexibility index (Phi) is 4.31. The van der Waals surface area contributed by atoms with Gasteiger partial charge < -0.3 is 15.8 Å². The lowest BCUT2D eigenvalue weighted by atomic mass is 10.1. The lowest BCUT2D eigenvalue weighted by molar-refractivity contribution is 0.108. The molecule has 3 N–H and O–H groups in total. The molecule has 104 valence electrons. The van der Waals surface area contributed by atoms with Gasteiger partial charge in [0.2, 0.25) is 0 Å². The quantitative estimate of drug-likeness (QED) is 0.835. The minimum atomic E-state index is -0.677. The van der Waals surface area contributed by atoms with Crippen LogP contribution in [0.5, 0.6) is 0 Å². The van der Waals surface area contributed by atoms with Crippen LogP contribution in [0, 0.1) is 11.6 Å².